The highest BCUT2D eigenvalue weighted by Gasteiger charge is 2.18. The largest absolute Gasteiger partial charge is 0.393 e. The van der Waals surface area contributed by atoms with Gasteiger partial charge in [-0.15, -0.1) is 0 Å². The van der Waals surface area contributed by atoms with Crippen LogP contribution in [0, 0.1) is 21.7 Å². The number of nitro benzene ring substituents is 1. The highest BCUT2D eigenvalue weighted by Crippen LogP contribution is 2.21. The molecule has 0 spiro atoms. The minimum Gasteiger partial charge on any atom is -0.393 e. The van der Waals surface area contributed by atoms with E-state index in [2.05, 4.69) is 5.32 Å². The molecule has 0 bridgehead atoms. The van der Waals surface area contributed by atoms with Gasteiger partial charge in [0.2, 0.25) is 5.82 Å². The highest BCUT2D eigenvalue weighted by molar-refractivity contribution is 5.37. The summed E-state index contributed by atoms with van der Waals surface area (Å²) in [5.41, 5.74) is -0.688. The molecule has 0 fully saturated rings. The summed E-state index contributed by atoms with van der Waals surface area (Å²) in [6.07, 6.45) is 0.909. The van der Waals surface area contributed by atoms with E-state index >= 15 is 0 Å². The van der Waals surface area contributed by atoms with Crippen molar-refractivity contribution in [2.24, 2.45) is 0 Å². The van der Waals surface area contributed by atoms with E-state index in [4.69, 9.17) is 5.11 Å². The Bertz CT molecular complexity index is 453. The number of halogens is 2. The van der Waals surface area contributed by atoms with Crippen LogP contribution in [-0.4, -0.2) is 22.7 Å². The molecule has 0 saturated heterocycles. The van der Waals surface area contributed by atoms with Crippen molar-refractivity contribution in [1.29, 1.82) is 0 Å². The standard InChI is InChI=1S/C12H16F2N2O3/c1-8(17)3-2-4-15-7-9-5-12(16(18)19)11(14)6-10(9)13/h5-6,8,15,17H,2-4,7H2,1H3. The lowest BCUT2D eigenvalue weighted by molar-refractivity contribution is -0.387. The van der Waals surface area contributed by atoms with Crippen molar-refractivity contribution in [2.45, 2.75) is 32.4 Å². The van der Waals surface area contributed by atoms with E-state index in [9.17, 15) is 18.9 Å². The molecule has 0 aliphatic carbocycles. The predicted molar refractivity (Wildman–Crippen MR) is 65.6 cm³/mol. The molecular formula is C12H16F2N2O3. The van der Waals surface area contributed by atoms with Crippen LogP contribution in [0.3, 0.4) is 0 Å². The van der Waals surface area contributed by atoms with Crippen molar-refractivity contribution in [3.05, 3.63) is 39.4 Å². The van der Waals surface area contributed by atoms with E-state index in [0.717, 1.165) is 6.07 Å². The van der Waals surface area contributed by atoms with Gasteiger partial charge >= 0.3 is 5.69 Å². The van der Waals surface area contributed by atoms with E-state index in [1.54, 1.807) is 6.92 Å². The molecule has 0 saturated carbocycles. The Morgan fingerprint density at radius 1 is 1.42 bits per heavy atom. The Morgan fingerprint density at radius 3 is 2.68 bits per heavy atom. The normalized spacial score (nSPS) is 12.4. The number of nitrogens with one attached hydrogen (secondary N) is 1. The maximum Gasteiger partial charge on any atom is 0.305 e. The van der Waals surface area contributed by atoms with Crippen LogP contribution in [0.2, 0.25) is 0 Å². The fourth-order valence-corrected chi connectivity index (χ4v) is 1.60. The Balaban J connectivity index is 2.58. The van der Waals surface area contributed by atoms with Crippen molar-refractivity contribution in [1.82, 2.24) is 5.32 Å². The first-order valence-electron chi connectivity index (χ1n) is 5.93. The first-order chi connectivity index (χ1) is 8.91. The molecule has 0 aromatic heterocycles. The summed E-state index contributed by atoms with van der Waals surface area (Å²) in [7, 11) is 0. The molecule has 1 aromatic carbocycles. The van der Waals surface area contributed by atoms with Crippen molar-refractivity contribution in [2.75, 3.05) is 6.54 Å². The van der Waals surface area contributed by atoms with Crippen LogP contribution in [0.5, 0.6) is 0 Å². The summed E-state index contributed by atoms with van der Waals surface area (Å²) in [4.78, 5) is 9.65. The summed E-state index contributed by atoms with van der Waals surface area (Å²) in [5, 5.41) is 22.5. The van der Waals surface area contributed by atoms with Gasteiger partial charge in [0.1, 0.15) is 5.82 Å². The zero-order valence-corrected chi connectivity index (χ0v) is 10.5. The maximum atomic E-state index is 13.4. The number of nitrogens with zero attached hydrogens (tertiary/aromatic N) is 1. The molecule has 2 N–H and O–H groups in total. The molecule has 5 nitrogen and oxygen atoms in total. The minimum atomic E-state index is -1.18. The fraction of sp³-hybridized carbons (Fsp3) is 0.500. The minimum absolute atomic E-state index is 0.0464. The molecule has 0 heterocycles. The zero-order chi connectivity index (χ0) is 14.4. The fourth-order valence-electron chi connectivity index (χ4n) is 1.60. The van der Waals surface area contributed by atoms with Crippen molar-refractivity contribution >= 4 is 5.69 Å². The average molecular weight is 274 g/mol. The number of aliphatic hydroxyl groups is 1. The molecule has 106 valence electrons. The van der Waals surface area contributed by atoms with Crippen molar-refractivity contribution in [3.8, 4) is 0 Å². The van der Waals surface area contributed by atoms with E-state index < -0.39 is 28.3 Å². The first kappa shape index (κ1) is 15.5. The smallest absolute Gasteiger partial charge is 0.305 e. The van der Waals surface area contributed by atoms with Crippen LogP contribution in [0.15, 0.2) is 12.1 Å². The van der Waals surface area contributed by atoms with Gasteiger partial charge in [0, 0.05) is 24.2 Å². The molecule has 0 radical (unpaired) electrons. The molecule has 1 atom stereocenters. The highest BCUT2D eigenvalue weighted by atomic mass is 19.1. The van der Waals surface area contributed by atoms with Crippen LogP contribution in [0.1, 0.15) is 25.3 Å². The number of hydrogen-bond acceptors (Lipinski definition) is 4. The number of rotatable bonds is 7. The molecule has 1 aromatic rings. The summed E-state index contributed by atoms with van der Waals surface area (Å²) in [6, 6.07) is 1.41. The van der Waals surface area contributed by atoms with Gasteiger partial charge in [0.15, 0.2) is 0 Å². The summed E-state index contributed by atoms with van der Waals surface area (Å²) in [6.45, 7) is 2.28. The number of hydrogen-bond donors (Lipinski definition) is 2. The van der Waals surface area contributed by atoms with Gasteiger partial charge in [-0.25, -0.2) is 4.39 Å². The zero-order valence-electron chi connectivity index (χ0n) is 10.5. The van der Waals surface area contributed by atoms with Gasteiger partial charge in [-0.1, -0.05) is 0 Å². The van der Waals surface area contributed by atoms with Crippen LogP contribution in [-0.2, 0) is 6.54 Å². The SMILES string of the molecule is CC(O)CCCNCc1cc([N+](=O)[O-])c(F)cc1F. The van der Waals surface area contributed by atoms with Gasteiger partial charge in [-0.3, -0.25) is 10.1 Å². The third-order valence-corrected chi connectivity index (χ3v) is 2.60. The monoisotopic (exact) mass is 274 g/mol. The van der Waals surface area contributed by atoms with E-state index in [1.165, 1.54) is 0 Å². The van der Waals surface area contributed by atoms with E-state index in [-0.39, 0.29) is 12.1 Å². The van der Waals surface area contributed by atoms with Gasteiger partial charge < -0.3 is 10.4 Å². The molecule has 0 amide bonds. The molecule has 19 heavy (non-hydrogen) atoms. The third-order valence-electron chi connectivity index (χ3n) is 2.60. The lowest BCUT2D eigenvalue weighted by Crippen LogP contribution is -2.17. The van der Waals surface area contributed by atoms with Gasteiger partial charge in [0.25, 0.3) is 0 Å². The molecule has 1 rings (SSSR count). The molecule has 0 aliphatic rings. The molecular weight excluding hydrogens is 258 g/mol. The van der Waals surface area contributed by atoms with E-state index in [0.29, 0.717) is 25.5 Å². The second-order valence-electron chi connectivity index (χ2n) is 4.32. The van der Waals surface area contributed by atoms with Gasteiger partial charge in [0.05, 0.1) is 11.0 Å². The summed E-state index contributed by atoms with van der Waals surface area (Å²) < 4.78 is 26.5. The lowest BCUT2D eigenvalue weighted by atomic mass is 10.1. The molecule has 1 unspecified atom stereocenters. The molecule has 7 heteroatoms. The quantitative estimate of drug-likeness (QED) is 0.453. The topological polar surface area (TPSA) is 75.4 Å². The van der Waals surface area contributed by atoms with Crippen molar-refractivity contribution in [3.63, 3.8) is 0 Å². The number of benzene rings is 1. The number of nitro groups is 1. The van der Waals surface area contributed by atoms with Crippen LogP contribution < -0.4 is 5.32 Å². The van der Waals surface area contributed by atoms with Gasteiger partial charge in [-0.2, -0.15) is 4.39 Å². The third kappa shape index (κ3) is 4.88. The summed E-state index contributed by atoms with van der Waals surface area (Å²) >= 11 is 0. The Morgan fingerprint density at radius 2 is 2.11 bits per heavy atom. The van der Waals surface area contributed by atoms with Crippen LogP contribution in [0.4, 0.5) is 14.5 Å². The molecule has 0 aliphatic heterocycles. The Kier molecular flexibility index (Phi) is 5.78. The van der Waals surface area contributed by atoms with Crippen molar-refractivity contribution < 1.29 is 18.8 Å². The first-order valence-corrected chi connectivity index (χ1v) is 5.93. The van der Waals surface area contributed by atoms with Crippen LogP contribution >= 0.6 is 0 Å². The second kappa shape index (κ2) is 7.10. The number of aliphatic hydroxyl groups excluding tert-OH is 1. The maximum absolute atomic E-state index is 13.4. The predicted octanol–water partition coefficient (Wildman–Crippen LogP) is 2.12. The Hall–Kier alpha value is -1.60. The summed E-state index contributed by atoms with van der Waals surface area (Å²) in [5.74, 6) is -1.99. The Labute approximate surface area is 109 Å². The lowest BCUT2D eigenvalue weighted by Gasteiger charge is -2.07. The van der Waals surface area contributed by atoms with Gasteiger partial charge in [-0.05, 0) is 26.3 Å². The van der Waals surface area contributed by atoms with Crippen LogP contribution in [0.25, 0.3) is 0 Å². The average Bonchev–Trinajstić information content (AvgIpc) is 2.30. The van der Waals surface area contributed by atoms with E-state index in [1.807, 2.05) is 0 Å². The second-order valence-corrected chi connectivity index (χ2v) is 4.32.